The number of carbonyl (C=O) groups is 1. The van der Waals surface area contributed by atoms with Gasteiger partial charge in [0.25, 0.3) is 0 Å². The molecule has 110 valence electrons. The highest BCUT2D eigenvalue weighted by Crippen LogP contribution is 2.27. The SMILES string of the molecule is COC(=O)C[C@H](O)[C@@H]1O[C@@H]1COCc1ccc(Br)cc1. The van der Waals surface area contributed by atoms with E-state index in [2.05, 4.69) is 20.7 Å². The Morgan fingerprint density at radius 1 is 1.45 bits per heavy atom. The van der Waals surface area contributed by atoms with Gasteiger partial charge in [-0.2, -0.15) is 0 Å². The number of hydrogen-bond acceptors (Lipinski definition) is 5. The van der Waals surface area contributed by atoms with Crippen LogP contribution in [0.3, 0.4) is 0 Å². The lowest BCUT2D eigenvalue weighted by atomic mass is 10.1. The van der Waals surface area contributed by atoms with Crippen molar-refractivity contribution in [3.05, 3.63) is 34.3 Å². The van der Waals surface area contributed by atoms with E-state index < -0.39 is 12.1 Å². The lowest BCUT2D eigenvalue weighted by Crippen LogP contribution is -2.23. The van der Waals surface area contributed by atoms with Gasteiger partial charge in [-0.25, -0.2) is 0 Å². The Labute approximate surface area is 126 Å². The Bertz CT molecular complexity index is 447. The van der Waals surface area contributed by atoms with Crippen molar-refractivity contribution < 1.29 is 24.1 Å². The highest BCUT2D eigenvalue weighted by molar-refractivity contribution is 9.10. The van der Waals surface area contributed by atoms with Crippen molar-refractivity contribution >= 4 is 21.9 Å². The van der Waals surface area contributed by atoms with Gasteiger partial charge in [0, 0.05) is 4.47 Å². The molecule has 5 nitrogen and oxygen atoms in total. The molecule has 0 saturated carbocycles. The Kier molecular flexibility index (Phi) is 5.54. The van der Waals surface area contributed by atoms with Gasteiger partial charge in [-0.1, -0.05) is 28.1 Å². The van der Waals surface area contributed by atoms with Crippen LogP contribution in [0.4, 0.5) is 0 Å². The van der Waals surface area contributed by atoms with Gasteiger partial charge < -0.3 is 19.3 Å². The molecule has 0 radical (unpaired) electrons. The lowest BCUT2D eigenvalue weighted by molar-refractivity contribution is -0.143. The van der Waals surface area contributed by atoms with Crippen LogP contribution in [0.5, 0.6) is 0 Å². The molecule has 20 heavy (non-hydrogen) atoms. The first-order chi connectivity index (χ1) is 9.60. The summed E-state index contributed by atoms with van der Waals surface area (Å²) in [4.78, 5) is 11.0. The third kappa shape index (κ3) is 4.56. The first-order valence-electron chi connectivity index (χ1n) is 6.32. The van der Waals surface area contributed by atoms with Crippen molar-refractivity contribution in [2.45, 2.75) is 31.3 Å². The van der Waals surface area contributed by atoms with Gasteiger partial charge in [0.1, 0.15) is 12.2 Å². The molecular formula is C14H17BrO5. The predicted molar refractivity (Wildman–Crippen MR) is 75.1 cm³/mol. The van der Waals surface area contributed by atoms with Gasteiger partial charge in [0.15, 0.2) is 0 Å². The molecule has 0 aromatic heterocycles. The maximum atomic E-state index is 11.0. The van der Waals surface area contributed by atoms with Crippen molar-refractivity contribution in [2.24, 2.45) is 0 Å². The van der Waals surface area contributed by atoms with Crippen molar-refractivity contribution in [2.75, 3.05) is 13.7 Å². The number of aliphatic hydroxyl groups excluding tert-OH is 1. The molecule has 1 saturated heterocycles. The standard InChI is InChI=1S/C14H17BrO5/c1-18-13(17)6-11(16)14-12(20-14)8-19-7-9-2-4-10(15)5-3-9/h2-5,11-12,14,16H,6-8H2,1H3/t11-,12+,14-/m0/s1. The first-order valence-corrected chi connectivity index (χ1v) is 7.12. The van der Waals surface area contributed by atoms with Crippen LogP contribution in [-0.2, 0) is 25.6 Å². The van der Waals surface area contributed by atoms with E-state index in [1.807, 2.05) is 24.3 Å². The van der Waals surface area contributed by atoms with Crippen LogP contribution in [0.1, 0.15) is 12.0 Å². The summed E-state index contributed by atoms with van der Waals surface area (Å²) in [5.41, 5.74) is 1.07. The van der Waals surface area contributed by atoms with Crippen LogP contribution in [0, 0.1) is 0 Å². The fraction of sp³-hybridized carbons (Fsp3) is 0.500. The van der Waals surface area contributed by atoms with Crippen molar-refractivity contribution in [1.82, 2.24) is 0 Å². The predicted octanol–water partition coefficient (Wildman–Crippen LogP) is 1.66. The Morgan fingerprint density at radius 2 is 2.15 bits per heavy atom. The number of hydrogen-bond donors (Lipinski definition) is 1. The minimum atomic E-state index is -0.830. The number of epoxide rings is 1. The van der Waals surface area contributed by atoms with E-state index in [1.165, 1.54) is 7.11 Å². The summed E-state index contributed by atoms with van der Waals surface area (Å²) in [7, 11) is 1.29. The zero-order valence-corrected chi connectivity index (χ0v) is 12.7. The maximum Gasteiger partial charge on any atom is 0.308 e. The highest BCUT2D eigenvalue weighted by atomic mass is 79.9. The molecule has 2 rings (SSSR count). The second-order valence-electron chi connectivity index (χ2n) is 4.63. The van der Waals surface area contributed by atoms with Gasteiger partial charge in [0.05, 0.1) is 32.8 Å². The Balaban J connectivity index is 1.64. The quantitative estimate of drug-likeness (QED) is 0.601. The van der Waals surface area contributed by atoms with Crippen molar-refractivity contribution in [3.63, 3.8) is 0 Å². The smallest absolute Gasteiger partial charge is 0.308 e. The molecule has 0 spiro atoms. The maximum absolute atomic E-state index is 11.0. The number of rotatable bonds is 7. The summed E-state index contributed by atoms with van der Waals surface area (Å²) in [6.45, 7) is 0.895. The number of halogens is 1. The van der Waals surface area contributed by atoms with Gasteiger partial charge in [0.2, 0.25) is 0 Å². The second kappa shape index (κ2) is 7.17. The molecule has 1 aromatic carbocycles. The van der Waals surface area contributed by atoms with E-state index in [9.17, 15) is 9.90 Å². The Morgan fingerprint density at radius 3 is 2.80 bits per heavy atom. The number of ether oxygens (including phenoxy) is 3. The molecule has 1 aromatic rings. The molecular weight excluding hydrogens is 328 g/mol. The molecule has 6 heteroatoms. The van der Waals surface area contributed by atoms with E-state index in [4.69, 9.17) is 9.47 Å². The minimum absolute atomic E-state index is 0.0512. The minimum Gasteiger partial charge on any atom is -0.469 e. The van der Waals surface area contributed by atoms with Crippen molar-refractivity contribution in [1.29, 1.82) is 0 Å². The first kappa shape index (κ1) is 15.4. The van der Waals surface area contributed by atoms with E-state index in [1.54, 1.807) is 0 Å². The fourth-order valence-electron chi connectivity index (χ4n) is 1.87. The lowest BCUT2D eigenvalue weighted by Gasteiger charge is -2.06. The van der Waals surface area contributed by atoms with Crippen LogP contribution < -0.4 is 0 Å². The third-order valence-electron chi connectivity index (χ3n) is 3.07. The summed E-state index contributed by atoms with van der Waals surface area (Å²) >= 11 is 3.37. The van der Waals surface area contributed by atoms with E-state index in [0.717, 1.165) is 10.0 Å². The zero-order valence-electron chi connectivity index (χ0n) is 11.1. The number of aliphatic hydroxyl groups is 1. The average molecular weight is 345 g/mol. The molecule has 1 aliphatic rings. The normalized spacial score (nSPS) is 22.4. The van der Waals surface area contributed by atoms with Crippen LogP contribution >= 0.6 is 15.9 Å². The van der Waals surface area contributed by atoms with Crippen LogP contribution in [-0.4, -0.2) is 43.1 Å². The molecule has 1 fully saturated rings. The largest absolute Gasteiger partial charge is 0.469 e. The van der Waals surface area contributed by atoms with Crippen LogP contribution in [0.2, 0.25) is 0 Å². The molecule has 0 unspecified atom stereocenters. The van der Waals surface area contributed by atoms with Gasteiger partial charge >= 0.3 is 5.97 Å². The monoisotopic (exact) mass is 344 g/mol. The Hall–Kier alpha value is -0.950. The molecule has 0 aliphatic carbocycles. The summed E-state index contributed by atoms with van der Waals surface area (Å²) < 4.78 is 16.3. The second-order valence-corrected chi connectivity index (χ2v) is 5.54. The molecule has 1 aliphatic heterocycles. The zero-order chi connectivity index (χ0) is 14.5. The summed E-state index contributed by atoms with van der Waals surface area (Å²) in [6.07, 6.45) is -1.36. The number of benzene rings is 1. The summed E-state index contributed by atoms with van der Waals surface area (Å²) in [5, 5.41) is 9.72. The average Bonchev–Trinajstić information content (AvgIpc) is 3.20. The summed E-state index contributed by atoms with van der Waals surface area (Å²) in [5.74, 6) is -0.442. The van der Waals surface area contributed by atoms with E-state index in [0.29, 0.717) is 13.2 Å². The fourth-order valence-corrected chi connectivity index (χ4v) is 2.14. The van der Waals surface area contributed by atoms with Gasteiger partial charge in [-0.3, -0.25) is 4.79 Å². The van der Waals surface area contributed by atoms with Crippen molar-refractivity contribution in [3.8, 4) is 0 Å². The topological polar surface area (TPSA) is 68.3 Å². The van der Waals surface area contributed by atoms with Gasteiger partial charge in [-0.15, -0.1) is 0 Å². The van der Waals surface area contributed by atoms with Crippen LogP contribution in [0.15, 0.2) is 28.7 Å². The molecule has 0 bridgehead atoms. The molecule has 0 amide bonds. The number of methoxy groups -OCH3 is 1. The molecule has 3 atom stereocenters. The van der Waals surface area contributed by atoms with Gasteiger partial charge in [-0.05, 0) is 17.7 Å². The summed E-state index contributed by atoms with van der Waals surface area (Å²) in [6, 6.07) is 7.85. The molecule has 1 heterocycles. The van der Waals surface area contributed by atoms with Crippen LogP contribution in [0.25, 0.3) is 0 Å². The van der Waals surface area contributed by atoms with E-state index >= 15 is 0 Å². The van der Waals surface area contributed by atoms with E-state index in [-0.39, 0.29) is 18.6 Å². The highest BCUT2D eigenvalue weighted by Gasteiger charge is 2.45. The number of esters is 1. The number of carbonyl (C=O) groups excluding carboxylic acids is 1. The third-order valence-corrected chi connectivity index (χ3v) is 3.60. The molecule has 1 N–H and O–H groups in total.